The van der Waals surface area contributed by atoms with Gasteiger partial charge in [0.1, 0.15) is 0 Å². The first kappa shape index (κ1) is 6.92. The van der Waals surface area contributed by atoms with Gasteiger partial charge in [-0.25, -0.2) is 4.21 Å². The van der Waals surface area contributed by atoms with Crippen molar-refractivity contribution < 1.29 is 8.76 Å². The zero-order chi connectivity index (χ0) is 6.69. The molecule has 2 nitrogen and oxygen atoms in total. The van der Waals surface area contributed by atoms with E-state index in [0.717, 1.165) is 4.88 Å². The zero-order valence-electron chi connectivity index (χ0n) is 4.61. The van der Waals surface area contributed by atoms with Crippen molar-refractivity contribution in [3.05, 3.63) is 22.4 Å². The smallest absolute Gasteiger partial charge is 0.158 e. The second kappa shape index (κ2) is 3.10. The van der Waals surface area contributed by atoms with Crippen LogP contribution in [-0.4, -0.2) is 8.76 Å². The van der Waals surface area contributed by atoms with Crippen molar-refractivity contribution in [1.82, 2.24) is 0 Å². The van der Waals surface area contributed by atoms with E-state index in [9.17, 15) is 4.21 Å². The minimum Gasteiger partial charge on any atom is -0.306 e. The van der Waals surface area contributed by atoms with Crippen LogP contribution in [0, 0.1) is 0 Å². The lowest BCUT2D eigenvalue weighted by atomic mass is 10.5. The fraction of sp³-hybridized carbons (Fsp3) is 0.200. The Labute approximate surface area is 59.8 Å². The SMILES string of the molecule is O=S(O)Cc1cccs1. The van der Waals surface area contributed by atoms with E-state index in [2.05, 4.69) is 0 Å². The van der Waals surface area contributed by atoms with E-state index in [4.69, 9.17) is 4.55 Å². The average molecular weight is 162 g/mol. The van der Waals surface area contributed by atoms with E-state index in [1.165, 1.54) is 11.3 Å². The van der Waals surface area contributed by atoms with Gasteiger partial charge in [-0.1, -0.05) is 6.07 Å². The minimum atomic E-state index is -1.68. The van der Waals surface area contributed by atoms with Crippen molar-refractivity contribution in [3.63, 3.8) is 0 Å². The summed E-state index contributed by atoms with van der Waals surface area (Å²) in [6.07, 6.45) is 0. The highest BCUT2D eigenvalue weighted by molar-refractivity contribution is 7.78. The van der Waals surface area contributed by atoms with Gasteiger partial charge in [0, 0.05) is 4.88 Å². The van der Waals surface area contributed by atoms with Gasteiger partial charge in [-0.05, 0) is 11.4 Å². The van der Waals surface area contributed by atoms with Crippen LogP contribution in [-0.2, 0) is 16.8 Å². The molecule has 50 valence electrons. The molecule has 0 aliphatic heterocycles. The molecule has 0 saturated carbocycles. The van der Waals surface area contributed by atoms with Crippen LogP contribution in [0.2, 0.25) is 0 Å². The molecule has 1 atom stereocenters. The zero-order valence-corrected chi connectivity index (χ0v) is 6.24. The summed E-state index contributed by atoms with van der Waals surface area (Å²) < 4.78 is 18.6. The van der Waals surface area contributed by atoms with Crippen molar-refractivity contribution in [2.45, 2.75) is 5.75 Å². The average Bonchev–Trinajstić information content (AvgIpc) is 2.15. The molecule has 1 rings (SSSR count). The first-order valence-corrected chi connectivity index (χ1v) is 4.54. The van der Waals surface area contributed by atoms with Gasteiger partial charge in [0.2, 0.25) is 0 Å². The molecule has 0 saturated heterocycles. The van der Waals surface area contributed by atoms with Gasteiger partial charge in [0.25, 0.3) is 0 Å². The number of hydrogen-bond acceptors (Lipinski definition) is 2. The Kier molecular flexibility index (Phi) is 2.38. The molecule has 4 heteroatoms. The van der Waals surface area contributed by atoms with E-state index in [0.29, 0.717) is 0 Å². The van der Waals surface area contributed by atoms with Gasteiger partial charge in [0.05, 0.1) is 5.75 Å². The lowest BCUT2D eigenvalue weighted by Gasteiger charge is -1.86. The number of hydrogen-bond donors (Lipinski definition) is 1. The van der Waals surface area contributed by atoms with E-state index in [-0.39, 0.29) is 5.75 Å². The van der Waals surface area contributed by atoms with Crippen LogP contribution in [0.4, 0.5) is 0 Å². The van der Waals surface area contributed by atoms with E-state index in [1.54, 1.807) is 0 Å². The van der Waals surface area contributed by atoms with Crippen LogP contribution in [0.25, 0.3) is 0 Å². The molecule has 1 unspecified atom stereocenters. The third-order valence-electron chi connectivity index (χ3n) is 0.846. The number of rotatable bonds is 2. The maximum Gasteiger partial charge on any atom is 0.158 e. The third-order valence-corrected chi connectivity index (χ3v) is 2.46. The van der Waals surface area contributed by atoms with Gasteiger partial charge in [-0.3, -0.25) is 0 Å². The summed E-state index contributed by atoms with van der Waals surface area (Å²) in [5.41, 5.74) is 0. The summed E-state index contributed by atoms with van der Waals surface area (Å²) in [7, 11) is 0. The summed E-state index contributed by atoms with van der Waals surface area (Å²) >= 11 is -0.186. The fourth-order valence-electron chi connectivity index (χ4n) is 0.516. The van der Waals surface area contributed by atoms with Gasteiger partial charge in [0.15, 0.2) is 11.1 Å². The molecule has 0 radical (unpaired) electrons. The summed E-state index contributed by atoms with van der Waals surface area (Å²) in [6, 6.07) is 3.71. The summed E-state index contributed by atoms with van der Waals surface area (Å²) in [5, 5.41) is 1.89. The Morgan fingerprint density at radius 3 is 3.00 bits per heavy atom. The molecule has 0 bridgehead atoms. The molecule has 0 aliphatic rings. The van der Waals surface area contributed by atoms with Crippen molar-refractivity contribution in [2.75, 3.05) is 0 Å². The van der Waals surface area contributed by atoms with Crippen LogP contribution >= 0.6 is 11.3 Å². The topological polar surface area (TPSA) is 37.3 Å². The van der Waals surface area contributed by atoms with E-state index < -0.39 is 11.1 Å². The normalized spacial score (nSPS) is 13.4. The second-order valence-electron chi connectivity index (χ2n) is 1.55. The summed E-state index contributed by atoms with van der Waals surface area (Å²) in [6.45, 7) is 0. The Bertz CT molecular complexity index is 193. The molecule has 0 aliphatic carbocycles. The van der Waals surface area contributed by atoms with Gasteiger partial charge < -0.3 is 4.55 Å². The molecule has 0 fully saturated rings. The third kappa shape index (κ3) is 2.26. The van der Waals surface area contributed by atoms with Crippen LogP contribution in [0.1, 0.15) is 4.88 Å². The van der Waals surface area contributed by atoms with Crippen LogP contribution in [0.15, 0.2) is 17.5 Å². The largest absolute Gasteiger partial charge is 0.306 e. The molecular formula is C5H6O2S2. The van der Waals surface area contributed by atoms with Crippen molar-refractivity contribution in [1.29, 1.82) is 0 Å². The van der Waals surface area contributed by atoms with Crippen molar-refractivity contribution >= 4 is 22.4 Å². The van der Waals surface area contributed by atoms with Crippen molar-refractivity contribution in [2.24, 2.45) is 0 Å². The Hall–Kier alpha value is -0.190. The Balaban J connectivity index is 2.58. The first-order valence-electron chi connectivity index (χ1n) is 2.39. The monoisotopic (exact) mass is 162 g/mol. The highest BCUT2D eigenvalue weighted by Gasteiger charge is 1.95. The van der Waals surface area contributed by atoms with Gasteiger partial charge >= 0.3 is 0 Å². The maximum absolute atomic E-state index is 10.2. The lowest BCUT2D eigenvalue weighted by molar-refractivity contribution is 0.564. The Morgan fingerprint density at radius 1 is 1.78 bits per heavy atom. The lowest BCUT2D eigenvalue weighted by Crippen LogP contribution is -1.88. The minimum absolute atomic E-state index is 0.262. The standard InChI is InChI=1S/C5H6O2S2/c6-9(7)4-5-2-1-3-8-5/h1-3H,4H2,(H,6,7). The van der Waals surface area contributed by atoms with E-state index >= 15 is 0 Å². The van der Waals surface area contributed by atoms with Crippen molar-refractivity contribution in [3.8, 4) is 0 Å². The molecular weight excluding hydrogens is 156 g/mol. The molecule has 1 heterocycles. The van der Waals surface area contributed by atoms with Gasteiger partial charge in [-0.2, -0.15) is 0 Å². The highest BCUT2D eigenvalue weighted by atomic mass is 32.2. The molecule has 9 heavy (non-hydrogen) atoms. The summed E-state index contributed by atoms with van der Waals surface area (Å²) in [4.78, 5) is 0.954. The predicted molar refractivity (Wildman–Crippen MR) is 38.8 cm³/mol. The predicted octanol–water partition coefficient (Wildman–Crippen LogP) is 1.47. The fourth-order valence-corrected chi connectivity index (χ4v) is 1.92. The summed E-state index contributed by atoms with van der Waals surface area (Å²) in [5.74, 6) is 0.262. The molecule has 1 aromatic rings. The first-order chi connectivity index (χ1) is 4.29. The molecule has 1 N–H and O–H groups in total. The van der Waals surface area contributed by atoms with E-state index in [1.807, 2.05) is 17.5 Å². The quantitative estimate of drug-likeness (QED) is 0.669. The molecule has 0 aromatic carbocycles. The maximum atomic E-state index is 10.2. The highest BCUT2D eigenvalue weighted by Crippen LogP contribution is 2.09. The second-order valence-corrected chi connectivity index (χ2v) is 3.51. The number of thiophene rings is 1. The van der Waals surface area contributed by atoms with Gasteiger partial charge in [-0.15, -0.1) is 11.3 Å². The Morgan fingerprint density at radius 2 is 2.56 bits per heavy atom. The molecule has 0 spiro atoms. The van der Waals surface area contributed by atoms with Crippen LogP contribution in [0.5, 0.6) is 0 Å². The molecule has 0 amide bonds. The van der Waals surface area contributed by atoms with Crippen LogP contribution in [0.3, 0.4) is 0 Å². The van der Waals surface area contributed by atoms with Crippen LogP contribution < -0.4 is 0 Å². The molecule has 1 aromatic heterocycles.